The average molecular weight is 343 g/mol. The van der Waals surface area contributed by atoms with Crippen LogP contribution in [0, 0.1) is 10.8 Å². The van der Waals surface area contributed by atoms with Crippen LogP contribution in [0.5, 0.6) is 0 Å². The lowest BCUT2D eigenvalue weighted by Crippen LogP contribution is -2.53. The molecule has 3 rings (SSSR count). The van der Waals surface area contributed by atoms with Gasteiger partial charge in [0.1, 0.15) is 0 Å². The quantitative estimate of drug-likeness (QED) is 0.649. The molecule has 0 radical (unpaired) electrons. The minimum atomic E-state index is -1.85. The summed E-state index contributed by atoms with van der Waals surface area (Å²) in [7, 11) is 0. The number of hydrogen-bond donors (Lipinski definition) is 2. The largest absolute Gasteiger partial charge is 0.481 e. The molecule has 0 aromatic heterocycles. The van der Waals surface area contributed by atoms with Crippen molar-refractivity contribution in [3.05, 3.63) is 42.0 Å². The summed E-state index contributed by atoms with van der Waals surface area (Å²) in [6.45, 7) is 1.93. The van der Waals surface area contributed by atoms with E-state index in [4.69, 9.17) is 0 Å². The van der Waals surface area contributed by atoms with Gasteiger partial charge in [-0.3, -0.25) is 14.4 Å². The van der Waals surface area contributed by atoms with E-state index in [2.05, 4.69) is 0 Å². The second-order valence-electron chi connectivity index (χ2n) is 7.11. The number of aryl methyl sites for hydroxylation is 1. The minimum Gasteiger partial charge on any atom is -0.481 e. The molecule has 0 bridgehead atoms. The zero-order valence-corrected chi connectivity index (χ0v) is 14.1. The zero-order valence-electron chi connectivity index (χ0n) is 14.1. The third kappa shape index (κ3) is 2.71. The lowest BCUT2D eigenvalue weighted by Gasteiger charge is -2.41. The Morgan fingerprint density at radius 1 is 1.12 bits per heavy atom. The Hall–Kier alpha value is -2.63. The maximum Gasteiger partial charge on any atom is 0.323 e. The van der Waals surface area contributed by atoms with E-state index in [-0.39, 0.29) is 12.8 Å². The number of aliphatic carboxylic acids is 2. The molecule has 1 aromatic carbocycles. The van der Waals surface area contributed by atoms with Crippen molar-refractivity contribution in [1.29, 1.82) is 0 Å². The fraction of sp³-hybridized carbons (Fsp3) is 0.421. The molecule has 2 atom stereocenters. The van der Waals surface area contributed by atoms with E-state index in [1.807, 2.05) is 24.3 Å². The molecule has 132 valence electrons. The summed E-state index contributed by atoms with van der Waals surface area (Å²) in [5.74, 6) is -2.95. The third-order valence-corrected chi connectivity index (χ3v) is 5.27. The Labute approximate surface area is 145 Å². The molecule has 0 spiro atoms. The Balaban J connectivity index is 2.04. The second-order valence-corrected chi connectivity index (χ2v) is 7.11. The SMILES string of the molecule is CC1(C(=O)O)CC=CC(C(=O)O)(C(=O)N2CCCc3ccccc32)C1. The highest BCUT2D eigenvalue weighted by Gasteiger charge is 2.55. The number of carboxylic acid groups (broad SMARTS) is 2. The van der Waals surface area contributed by atoms with E-state index >= 15 is 0 Å². The fourth-order valence-electron chi connectivity index (χ4n) is 3.80. The number of allylic oxidation sites excluding steroid dienone is 1. The maximum atomic E-state index is 13.3. The highest BCUT2D eigenvalue weighted by atomic mass is 16.4. The average Bonchev–Trinajstić information content (AvgIpc) is 2.60. The molecular formula is C19H21NO5. The molecule has 6 heteroatoms. The van der Waals surface area contributed by atoms with Crippen molar-refractivity contribution in [2.24, 2.45) is 10.8 Å². The number of amides is 1. The number of anilines is 1. The number of para-hydroxylation sites is 1. The molecular weight excluding hydrogens is 322 g/mol. The van der Waals surface area contributed by atoms with E-state index in [1.165, 1.54) is 24.0 Å². The van der Waals surface area contributed by atoms with Crippen molar-refractivity contribution < 1.29 is 24.6 Å². The molecule has 2 N–H and O–H groups in total. The smallest absolute Gasteiger partial charge is 0.323 e. The topological polar surface area (TPSA) is 94.9 Å². The summed E-state index contributed by atoms with van der Waals surface area (Å²) in [4.78, 5) is 38.5. The predicted octanol–water partition coefficient (Wildman–Crippen LogP) is 2.48. The first kappa shape index (κ1) is 17.2. The van der Waals surface area contributed by atoms with Crippen LogP contribution in [0.25, 0.3) is 0 Å². The van der Waals surface area contributed by atoms with E-state index in [1.54, 1.807) is 0 Å². The number of carbonyl (C=O) groups excluding carboxylic acids is 1. The lowest BCUT2D eigenvalue weighted by atomic mass is 9.65. The van der Waals surface area contributed by atoms with Gasteiger partial charge in [-0.05, 0) is 44.2 Å². The van der Waals surface area contributed by atoms with Crippen LogP contribution in [0.3, 0.4) is 0 Å². The van der Waals surface area contributed by atoms with Crippen molar-refractivity contribution >= 4 is 23.5 Å². The van der Waals surface area contributed by atoms with Crippen molar-refractivity contribution in [2.75, 3.05) is 11.4 Å². The van der Waals surface area contributed by atoms with Crippen molar-refractivity contribution in [3.8, 4) is 0 Å². The van der Waals surface area contributed by atoms with E-state index < -0.39 is 28.7 Å². The van der Waals surface area contributed by atoms with Gasteiger partial charge in [-0.25, -0.2) is 0 Å². The van der Waals surface area contributed by atoms with E-state index in [0.717, 1.165) is 24.1 Å². The molecule has 1 aromatic rings. The minimum absolute atomic E-state index is 0.210. The zero-order chi connectivity index (χ0) is 18.2. The summed E-state index contributed by atoms with van der Waals surface area (Å²) < 4.78 is 0. The van der Waals surface area contributed by atoms with Crippen LogP contribution in [-0.2, 0) is 20.8 Å². The number of fused-ring (bicyclic) bond motifs is 1. The monoisotopic (exact) mass is 343 g/mol. The van der Waals surface area contributed by atoms with Crippen molar-refractivity contribution in [3.63, 3.8) is 0 Å². The number of nitrogens with zero attached hydrogens (tertiary/aromatic N) is 1. The molecule has 1 aliphatic carbocycles. The number of hydrogen-bond acceptors (Lipinski definition) is 3. The first-order valence-corrected chi connectivity index (χ1v) is 8.34. The first-order chi connectivity index (χ1) is 11.8. The Kier molecular flexibility index (Phi) is 4.14. The van der Waals surface area contributed by atoms with E-state index in [9.17, 15) is 24.6 Å². The highest BCUT2D eigenvalue weighted by molar-refractivity contribution is 6.12. The summed E-state index contributed by atoms with van der Waals surface area (Å²) >= 11 is 0. The molecule has 1 heterocycles. The van der Waals surface area contributed by atoms with Crippen molar-refractivity contribution in [1.82, 2.24) is 0 Å². The van der Waals surface area contributed by atoms with Gasteiger partial charge in [0.25, 0.3) is 0 Å². The van der Waals surface area contributed by atoms with Crippen LogP contribution in [-0.4, -0.2) is 34.6 Å². The van der Waals surface area contributed by atoms with Gasteiger partial charge >= 0.3 is 11.9 Å². The summed E-state index contributed by atoms with van der Waals surface area (Å²) in [6.07, 6.45) is 4.43. The molecule has 1 amide bonds. The number of rotatable bonds is 3. The van der Waals surface area contributed by atoms with Crippen LogP contribution in [0.1, 0.15) is 31.7 Å². The normalized spacial score (nSPS) is 28.3. The van der Waals surface area contributed by atoms with Crippen LogP contribution >= 0.6 is 0 Å². The van der Waals surface area contributed by atoms with Gasteiger partial charge in [-0.2, -0.15) is 0 Å². The van der Waals surface area contributed by atoms with Gasteiger partial charge in [-0.1, -0.05) is 30.4 Å². The Morgan fingerprint density at radius 2 is 1.84 bits per heavy atom. The molecule has 6 nitrogen and oxygen atoms in total. The highest BCUT2D eigenvalue weighted by Crippen LogP contribution is 2.45. The summed E-state index contributed by atoms with van der Waals surface area (Å²) in [5.41, 5.74) is -1.41. The standard InChI is InChI=1S/C19H21NO5/c1-18(16(22)23)9-5-10-19(12-18,17(24)25)15(21)20-11-4-7-13-6-2-3-8-14(13)20/h2-3,5-6,8,10H,4,7,9,11-12H2,1H3,(H,22,23)(H,24,25). The second kappa shape index (κ2) is 6.02. The van der Waals surface area contributed by atoms with Gasteiger partial charge < -0.3 is 15.1 Å². The lowest BCUT2D eigenvalue weighted by molar-refractivity contribution is -0.158. The Morgan fingerprint density at radius 3 is 2.52 bits per heavy atom. The summed E-state index contributed by atoms with van der Waals surface area (Å²) in [6, 6.07) is 7.45. The molecule has 0 saturated carbocycles. The molecule has 25 heavy (non-hydrogen) atoms. The number of carboxylic acids is 2. The molecule has 2 aliphatic rings. The molecule has 2 unspecified atom stereocenters. The van der Waals surface area contributed by atoms with Gasteiger partial charge in [-0.15, -0.1) is 0 Å². The van der Waals surface area contributed by atoms with Gasteiger partial charge in [0.05, 0.1) is 5.41 Å². The van der Waals surface area contributed by atoms with E-state index in [0.29, 0.717) is 6.54 Å². The molecule has 1 aliphatic heterocycles. The van der Waals surface area contributed by atoms with Crippen molar-refractivity contribution in [2.45, 2.75) is 32.6 Å². The predicted molar refractivity (Wildman–Crippen MR) is 91.3 cm³/mol. The third-order valence-electron chi connectivity index (χ3n) is 5.27. The van der Waals surface area contributed by atoms with Gasteiger partial charge in [0.15, 0.2) is 5.41 Å². The number of carbonyl (C=O) groups is 3. The Bertz CT molecular complexity index is 771. The van der Waals surface area contributed by atoms with Crippen LogP contribution in [0.4, 0.5) is 5.69 Å². The van der Waals surface area contributed by atoms with Crippen LogP contribution < -0.4 is 4.90 Å². The van der Waals surface area contributed by atoms with Crippen LogP contribution in [0.2, 0.25) is 0 Å². The fourth-order valence-corrected chi connectivity index (χ4v) is 3.80. The van der Waals surface area contributed by atoms with Crippen LogP contribution in [0.15, 0.2) is 36.4 Å². The van der Waals surface area contributed by atoms with Gasteiger partial charge in [0.2, 0.25) is 5.91 Å². The maximum absolute atomic E-state index is 13.3. The molecule has 0 saturated heterocycles. The first-order valence-electron chi connectivity index (χ1n) is 8.34. The number of benzene rings is 1. The summed E-state index contributed by atoms with van der Waals surface area (Å²) in [5, 5.41) is 19.4. The molecule has 0 fully saturated rings. The van der Waals surface area contributed by atoms with Gasteiger partial charge in [0, 0.05) is 12.2 Å².